The minimum Gasteiger partial charge on any atom is -0.461 e. The normalized spacial score (nSPS) is 13.7. The summed E-state index contributed by atoms with van der Waals surface area (Å²) in [6, 6.07) is 6.83. The molecule has 15 heavy (non-hydrogen) atoms. The molecule has 1 aliphatic rings. The number of ether oxygens (including phenoxy) is 2. The molecule has 0 unspecified atom stereocenters. The van der Waals surface area contributed by atoms with Crippen LogP contribution in [-0.4, -0.2) is 12.7 Å². The van der Waals surface area contributed by atoms with Crippen molar-refractivity contribution >= 4 is 17.3 Å². The van der Waals surface area contributed by atoms with Gasteiger partial charge in [0.15, 0.2) is 0 Å². The molecule has 0 fully saturated rings. The van der Waals surface area contributed by atoms with Gasteiger partial charge in [-0.25, -0.2) is 0 Å². The lowest BCUT2D eigenvalue weighted by atomic mass is 10.3. The molecule has 1 heterocycles. The summed E-state index contributed by atoms with van der Waals surface area (Å²) < 4.78 is 9.68. The average molecular weight is 206 g/mol. The molecule has 1 amide bonds. The van der Waals surface area contributed by atoms with Crippen molar-refractivity contribution < 1.29 is 14.3 Å². The van der Waals surface area contributed by atoms with Crippen molar-refractivity contribution in [1.82, 2.24) is 0 Å². The van der Waals surface area contributed by atoms with Crippen LogP contribution in [0.1, 0.15) is 0 Å². The number of benzene rings is 1. The molecule has 0 saturated carbocycles. The zero-order valence-corrected chi connectivity index (χ0v) is 7.90. The summed E-state index contributed by atoms with van der Waals surface area (Å²) in [7, 11) is 0. The van der Waals surface area contributed by atoms with Crippen molar-refractivity contribution in [3.05, 3.63) is 36.3 Å². The van der Waals surface area contributed by atoms with E-state index in [0.717, 1.165) is 0 Å². The number of amides is 1. The zero-order valence-electron chi connectivity index (χ0n) is 7.90. The van der Waals surface area contributed by atoms with Crippen LogP contribution < -0.4 is 11.1 Å². The Balaban J connectivity index is 2.02. The van der Waals surface area contributed by atoms with Crippen LogP contribution >= 0.6 is 0 Å². The van der Waals surface area contributed by atoms with E-state index in [2.05, 4.69) is 5.32 Å². The minimum absolute atomic E-state index is 0.0878. The fourth-order valence-corrected chi connectivity index (χ4v) is 1.12. The van der Waals surface area contributed by atoms with Crippen LogP contribution in [0.5, 0.6) is 0 Å². The minimum atomic E-state index is -0.336. The molecule has 0 bridgehead atoms. The van der Waals surface area contributed by atoms with Gasteiger partial charge in [0.25, 0.3) is 5.91 Å². The summed E-state index contributed by atoms with van der Waals surface area (Å²) in [6.07, 6.45) is 1.28. The molecule has 0 spiro atoms. The maximum atomic E-state index is 11.5. The second-order valence-corrected chi connectivity index (χ2v) is 2.99. The first-order valence-corrected chi connectivity index (χ1v) is 4.37. The molecular weight excluding hydrogens is 196 g/mol. The summed E-state index contributed by atoms with van der Waals surface area (Å²) in [5.41, 5.74) is 6.81. The molecule has 2 rings (SSSR count). The Hall–Kier alpha value is -2.17. The maximum Gasteiger partial charge on any atom is 0.294 e. The summed E-state index contributed by atoms with van der Waals surface area (Å²) in [6.45, 7) is 0.0878. The third-order valence-electron chi connectivity index (χ3n) is 1.87. The number of nitrogen functional groups attached to an aromatic ring is 1. The first kappa shape index (κ1) is 9.39. The fourth-order valence-electron chi connectivity index (χ4n) is 1.12. The number of rotatable bonds is 2. The van der Waals surface area contributed by atoms with E-state index in [1.807, 2.05) is 0 Å². The summed E-state index contributed by atoms with van der Waals surface area (Å²) >= 11 is 0. The molecule has 1 aromatic rings. The topological polar surface area (TPSA) is 73.6 Å². The lowest BCUT2D eigenvalue weighted by molar-refractivity contribution is -0.116. The number of nitrogens with two attached hydrogens (primary N) is 1. The van der Waals surface area contributed by atoms with Crippen molar-refractivity contribution in [3.8, 4) is 0 Å². The highest BCUT2D eigenvalue weighted by molar-refractivity contribution is 6.02. The van der Waals surface area contributed by atoms with Gasteiger partial charge < -0.3 is 20.5 Å². The van der Waals surface area contributed by atoms with Crippen LogP contribution in [0.25, 0.3) is 0 Å². The molecule has 5 nitrogen and oxygen atoms in total. The molecule has 1 aliphatic heterocycles. The van der Waals surface area contributed by atoms with Gasteiger partial charge in [0, 0.05) is 11.4 Å². The van der Waals surface area contributed by atoms with Crippen molar-refractivity contribution in [2.24, 2.45) is 0 Å². The maximum absolute atomic E-state index is 11.5. The molecule has 0 aliphatic carbocycles. The first-order chi connectivity index (χ1) is 7.25. The Morgan fingerprint density at radius 2 is 2.07 bits per heavy atom. The molecular formula is C10H10N2O3. The predicted octanol–water partition coefficient (Wildman–Crippen LogP) is 1.05. The van der Waals surface area contributed by atoms with Gasteiger partial charge in [-0.1, -0.05) is 0 Å². The van der Waals surface area contributed by atoms with Gasteiger partial charge in [-0.15, -0.1) is 0 Å². The van der Waals surface area contributed by atoms with Gasteiger partial charge in [-0.3, -0.25) is 4.79 Å². The zero-order chi connectivity index (χ0) is 10.7. The summed E-state index contributed by atoms with van der Waals surface area (Å²) in [4.78, 5) is 11.5. The van der Waals surface area contributed by atoms with Crippen LogP contribution in [0.3, 0.4) is 0 Å². The van der Waals surface area contributed by atoms with Crippen molar-refractivity contribution in [3.63, 3.8) is 0 Å². The monoisotopic (exact) mass is 206 g/mol. The third kappa shape index (κ3) is 2.19. The van der Waals surface area contributed by atoms with Crippen LogP contribution in [0.2, 0.25) is 0 Å². The molecule has 0 atom stereocenters. The molecule has 78 valence electrons. The van der Waals surface area contributed by atoms with Crippen molar-refractivity contribution in [2.75, 3.05) is 17.8 Å². The summed E-state index contributed by atoms with van der Waals surface area (Å²) in [5.74, 6) is -0.163. The van der Waals surface area contributed by atoms with Gasteiger partial charge in [0.2, 0.25) is 12.6 Å². The number of anilines is 2. The quantitative estimate of drug-likeness (QED) is 0.709. The summed E-state index contributed by atoms with van der Waals surface area (Å²) in [5, 5.41) is 2.64. The fraction of sp³-hybridized carbons (Fsp3) is 0.100. The van der Waals surface area contributed by atoms with Gasteiger partial charge in [-0.2, -0.15) is 0 Å². The first-order valence-electron chi connectivity index (χ1n) is 4.37. The molecule has 1 aromatic carbocycles. The van der Waals surface area contributed by atoms with E-state index in [1.165, 1.54) is 6.26 Å². The Morgan fingerprint density at radius 1 is 1.33 bits per heavy atom. The van der Waals surface area contributed by atoms with Gasteiger partial charge in [-0.05, 0) is 24.3 Å². The van der Waals surface area contributed by atoms with Gasteiger partial charge in [0.1, 0.15) is 6.26 Å². The standard InChI is InChI=1S/C10H10N2O3/c11-7-1-3-8(4-2-7)12-10(13)9-5-14-6-15-9/h1-5H,6,11H2,(H,12,13). The number of hydrogen-bond donors (Lipinski definition) is 2. The molecule has 0 saturated heterocycles. The molecule has 5 heteroatoms. The SMILES string of the molecule is Nc1ccc(NC(=O)C2=COCO2)cc1. The largest absolute Gasteiger partial charge is 0.461 e. The van der Waals surface area contributed by atoms with Crippen LogP contribution in [0.4, 0.5) is 11.4 Å². The van der Waals surface area contributed by atoms with E-state index in [1.54, 1.807) is 24.3 Å². The molecule has 3 N–H and O–H groups in total. The highest BCUT2D eigenvalue weighted by atomic mass is 16.7. The number of nitrogens with one attached hydrogen (secondary N) is 1. The van der Waals surface area contributed by atoms with E-state index in [0.29, 0.717) is 11.4 Å². The van der Waals surface area contributed by atoms with Crippen molar-refractivity contribution in [1.29, 1.82) is 0 Å². The predicted molar refractivity (Wildman–Crippen MR) is 54.6 cm³/mol. The second kappa shape index (κ2) is 3.91. The highest BCUT2D eigenvalue weighted by Gasteiger charge is 2.15. The van der Waals surface area contributed by atoms with Gasteiger partial charge in [0.05, 0.1) is 0 Å². The van der Waals surface area contributed by atoms with E-state index in [4.69, 9.17) is 15.2 Å². The van der Waals surface area contributed by atoms with E-state index in [-0.39, 0.29) is 18.5 Å². The Labute approximate surface area is 86.5 Å². The van der Waals surface area contributed by atoms with Crippen LogP contribution in [0.15, 0.2) is 36.3 Å². The molecule has 0 aromatic heterocycles. The lowest BCUT2D eigenvalue weighted by Crippen LogP contribution is -2.14. The highest BCUT2D eigenvalue weighted by Crippen LogP contribution is 2.13. The third-order valence-corrected chi connectivity index (χ3v) is 1.87. The number of hydrogen-bond acceptors (Lipinski definition) is 4. The van der Waals surface area contributed by atoms with E-state index < -0.39 is 0 Å². The lowest BCUT2D eigenvalue weighted by Gasteiger charge is -2.04. The smallest absolute Gasteiger partial charge is 0.294 e. The Kier molecular flexibility index (Phi) is 2.45. The Morgan fingerprint density at radius 3 is 2.67 bits per heavy atom. The molecule has 0 radical (unpaired) electrons. The number of carbonyl (C=O) groups is 1. The van der Waals surface area contributed by atoms with Crippen LogP contribution in [0, 0.1) is 0 Å². The van der Waals surface area contributed by atoms with Crippen LogP contribution in [-0.2, 0) is 14.3 Å². The Bertz CT molecular complexity index is 398. The number of carbonyl (C=O) groups excluding carboxylic acids is 1. The van der Waals surface area contributed by atoms with E-state index in [9.17, 15) is 4.79 Å². The average Bonchev–Trinajstić information content (AvgIpc) is 2.74. The second-order valence-electron chi connectivity index (χ2n) is 2.99. The van der Waals surface area contributed by atoms with Crippen molar-refractivity contribution in [2.45, 2.75) is 0 Å². The van der Waals surface area contributed by atoms with E-state index >= 15 is 0 Å². The van der Waals surface area contributed by atoms with Gasteiger partial charge >= 0.3 is 0 Å².